The lowest BCUT2D eigenvalue weighted by Gasteiger charge is -2.12. The molecule has 0 radical (unpaired) electrons. The second-order valence-electron chi connectivity index (χ2n) is 4.44. The van der Waals surface area contributed by atoms with Crippen LogP contribution in [-0.4, -0.2) is 24.8 Å². The van der Waals surface area contributed by atoms with Gasteiger partial charge >= 0.3 is 5.97 Å². The number of aliphatic hydroxyl groups excluding tert-OH is 1. The van der Waals surface area contributed by atoms with E-state index in [4.69, 9.17) is 20.3 Å². The molecule has 2 aromatic carbocycles. The molecule has 0 aliphatic carbocycles. The molecule has 0 unspecified atom stereocenters. The quantitative estimate of drug-likeness (QED) is 0.652. The summed E-state index contributed by atoms with van der Waals surface area (Å²) < 4.78 is 10.4. The number of hydrogen-bond donors (Lipinski definition) is 2. The molecule has 0 saturated carbocycles. The number of benzene rings is 2. The monoisotopic (exact) mass is 287 g/mol. The van der Waals surface area contributed by atoms with Crippen molar-refractivity contribution in [2.45, 2.75) is 6.42 Å². The van der Waals surface area contributed by atoms with Crippen LogP contribution in [0.2, 0.25) is 0 Å². The van der Waals surface area contributed by atoms with Gasteiger partial charge in [0.05, 0.1) is 12.8 Å². The molecule has 5 nitrogen and oxygen atoms in total. The minimum Gasteiger partial charge on any atom is -0.465 e. The van der Waals surface area contributed by atoms with Crippen LogP contribution in [0.15, 0.2) is 42.5 Å². The number of para-hydroxylation sites is 1. The van der Waals surface area contributed by atoms with Gasteiger partial charge in [-0.3, -0.25) is 0 Å². The predicted molar refractivity (Wildman–Crippen MR) is 79.5 cm³/mol. The van der Waals surface area contributed by atoms with E-state index in [0.29, 0.717) is 17.9 Å². The Balaban J connectivity index is 2.28. The Labute approximate surface area is 122 Å². The van der Waals surface area contributed by atoms with Gasteiger partial charge in [-0.15, -0.1) is 0 Å². The Hall–Kier alpha value is -2.53. The van der Waals surface area contributed by atoms with Crippen LogP contribution in [0.1, 0.15) is 15.9 Å². The van der Waals surface area contributed by atoms with Gasteiger partial charge in [0.15, 0.2) is 5.75 Å². The van der Waals surface area contributed by atoms with E-state index in [0.717, 1.165) is 5.56 Å². The van der Waals surface area contributed by atoms with Gasteiger partial charge in [0, 0.05) is 6.61 Å². The first-order valence-electron chi connectivity index (χ1n) is 6.50. The van der Waals surface area contributed by atoms with Crippen molar-refractivity contribution in [3.8, 4) is 11.5 Å². The highest BCUT2D eigenvalue weighted by Crippen LogP contribution is 2.31. The first-order chi connectivity index (χ1) is 10.2. The van der Waals surface area contributed by atoms with E-state index in [9.17, 15) is 4.79 Å². The number of esters is 1. The average molecular weight is 287 g/mol. The topological polar surface area (TPSA) is 81.8 Å². The molecule has 0 aliphatic rings. The molecule has 0 heterocycles. The molecule has 2 aromatic rings. The van der Waals surface area contributed by atoms with E-state index >= 15 is 0 Å². The zero-order valence-corrected chi connectivity index (χ0v) is 11.7. The van der Waals surface area contributed by atoms with E-state index in [2.05, 4.69) is 0 Å². The molecule has 3 N–H and O–H groups in total. The second-order valence-corrected chi connectivity index (χ2v) is 4.44. The molecule has 2 rings (SSSR count). The van der Waals surface area contributed by atoms with E-state index in [1.807, 2.05) is 12.1 Å². The van der Waals surface area contributed by atoms with E-state index in [1.165, 1.54) is 7.11 Å². The summed E-state index contributed by atoms with van der Waals surface area (Å²) in [7, 11) is 1.30. The molecular formula is C16H17NO4. The summed E-state index contributed by atoms with van der Waals surface area (Å²) in [5.74, 6) is 0.327. The smallest absolute Gasteiger partial charge is 0.341 e. The van der Waals surface area contributed by atoms with E-state index in [-0.39, 0.29) is 17.9 Å². The van der Waals surface area contributed by atoms with Crippen LogP contribution in [0.5, 0.6) is 11.5 Å². The number of anilines is 1. The molecule has 0 atom stereocenters. The number of carbonyl (C=O) groups excluding carboxylic acids is 1. The van der Waals surface area contributed by atoms with Gasteiger partial charge in [0.25, 0.3) is 0 Å². The summed E-state index contributed by atoms with van der Waals surface area (Å²) >= 11 is 0. The molecule has 0 spiro atoms. The van der Waals surface area contributed by atoms with E-state index < -0.39 is 5.97 Å². The molecule has 5 heteroatoms. The minimum atomic E-state index is -0.505. The standard InChI is InChI=1S/C16H17NO4/c1-20-16(19)13-3-2-4-14(17)15(13)21-12-7-5-11(6-8-12)9-10-18/h2-8,18H,9-10,17H2,1H3. The van der Waals surface area contributed by atoms with Crippen molar-refractivity contribution < 1.29 is 19.4 Å². The fourth-order valence-corrected chi connectivity index (χ4v) is 1.91. The summed E-state index contributed by atoms with van der Waals surface area (Å²) in [5.41, 5.74) is 7.51. The summed E-state index contributed by atoms with van der Waals surface area (Å²) in [6, 6.07) is 12.1. The highest BCUT2D eigenvalue weighted by molar-refractivity contribution is 5.94. The zero-order chi connectivity index (χ0) is 15.2. The van der Waals surface area contributed by atoms with Gasteiger partial charge in [-0.2, -0.15) is 0 Å². The Kier molecular flexibility index (Phi) is 4.79. The van der Waals surface area contributed by atoms with Gasteiger partial charge in [0.1, 0.15) is 11.3 Å². The highest BCUT2D eigenvalue weighted by atomic mass is 16.5. The maximum atomic E-state index is 11.7. The molecular weight excluding hydrogens is 270 g/mol. The van der Waals surface area contributed by atoms with Crippen LogP contribution in [0.4, 0.5) is 5.69 Å². The third-order valence-corrected chi connectivity index (χ3v) is 2.99. The normalized spacial score (nSPS) is 10.2. The third kappa shape index (κ3) is 3.52. The van der Waals surface area contributed by atoms with Crippen molar-refractivity contribution >= 4 is 11.7 Å². The number of aliphatic hydroxyl groups is 1. The third-order valence-electron chi connectivity index (χ3n) is 2.99. The van der Waals surface area contributed by atoms with Crippen molar-refractivity contribution in [2.24, 2.45) is 0 Å². The summed E-state index contributed by atoms with van der Waals surface area (Å²) in [6.45, 7) is 0.0956. The fraction of sp³-hybridized carbons (Fsp3) is 0.188. The van der Waals surface area contributed by atoms with Gasteiger partial charge in [0.2, 0.25) is 0 Å². The Morgan fingerprint density at radius 2 is 1.90 bits per heavy atom. The Morgan fingerprint density at radius 3 is 2.52 bits per heavy atom. The maximum Gasteiger partial charge on any atom is 0.341 e. The lowest BCUT2D eigenvalue weighted by Crippen LogP contribution is -2.05. The minimum absolute atomic E-state index is 0.0956. The molecule has 21 heavy (non-hydrogen) atoms. The molecule has 0 amide bonds. The fourth-order valence-electron chi connectivity index (χ4n) is 1.91. The number of nitrogens with two attached hydrogens (primary N) is 1. The average Bonchev–Trinajstić information content (AvgIpc) is 2.50. The SMILES string of the molecule is COC(=O)c1cccc(N)c1Oc1ccc(CCO)cc1. The molecule has 110 valence electrons. The first-order valence-corrected chi connectivity index (χ1v) is 6.50. The number of nitrogen functional groups attached to an aromatic ring is 1. The van der Waals surface area contributed by atoms with Crippen LogP contribution in [-0.2, 0) is 11.2 Å². The predicted octanol–water partition coefficient (Wildman–Crippen LogP) is 2.38. The van der Waals surface area contributed by atoms with Crippen molar-refractivity contribution in [2.75, 3.05) is 19.5 Å². The number of hydrogen-bond acceptors (Lipinski definition) is 5. The van der Waals surface area contributed by atoms with E-state index in [1.54, 1.807) is 30.3 Å². The van der Waals surface area contributed by atoms with Crippen molar-refractivity contribution in [3.05, 3.63) is 53.6 Å². The number of methoxy groups -OCH3 is 1. The van der Waals surface area contributed by atoms with Crippen LogP contribution in [0.3, 0.4) is 0 Å². The van der Waals surface area contributed by atoms with Crippen LogP contribution in [0.25, 0.3) is 0 Å². The summed E-state index contributed by atoms with van der Waals surface area (Å²) in [6.07, 6.45) is 0.584. The maximum absolute atomic E-state index is 11.7. The van der Waals surface area contributed by atoms with Crippen molar-refractivity contribution in [1.29, 1.82) is 0 Å². The lowest BCUT2D eigenvalue weighted by atomic mass is 10.1. The number of rotatable bonds is 5. The summed E-state index contributed by atoms with van der Waals surface area (Å²) in [4.78, 5) is 11.7. The molecule has 0 aliphatic heterocycles. The van der Waals surface area contributed by atoms with Crippen LogP contribution < -0.4 is 10.5 Å². The number of ether oxygens (including phenoxy) is 2. The van der Waals surface area contributed by atoms with Gasteiger partial charge < -0.3 is 20.3 Å². The van der Waals surface area contributed by atoms with Gasteiger partial charge in [-0.25, -0.2) is 4.79 Å². The van der Waals surface area contributed by atoms with Crippen molar-refractivity contribution in [3.63, 3.8) is 0 Å². The van der Waals surface area contributed by atoms with Gasteiger partial charge in [-0.1, -0.05) is 18.2 Å². The number of carbonyl (C=O) groups is 1. The first kappa shape index (κ1) is 14.9. The van der Waals surface area contributed by atoms with Gasteiger partial charge in [-0.05, 0) is 36.2 Å². The second kappa shape index (κ2) is 6.76. The highest BCUT2D eigenvalue weighted by Gasteiger charge is 2.16. The Bertz CT molecular complexity index is 623. The Morgan fingerprint density at radius 1 is 1.19 bits per heavy atom. The molecule has 0 bridgehead atoms. The largest absolute Gasteiger partial charge is 0.465 e. The van der Waals surface area contributed by atoms with Crippen LogP contribution >= 0.6 is 0 Å². The molecule has 0 aromatic heterocycles. The lowest BCUT2D eigenvalue weighted by molar-refractivity contribution is 0.0598. The zero-order valence-electron chi connectivity index (χ0n) is 11.7. The van der Waals surface area contributed by atoms with Crippen LogP contribution in [0, 0.1) is 0 Å². The summed E-state index contributed by atoms with van der Waals surface area (Å²) in [5, 5.41) is 8.89. The molecule has 0 fully saturated rings. The molecule has 0 saturated heterocycles. The van der Waals surface area contributed by atoms with Crippen molar-refractivity contribution in [1.82, 2.24) is 0 Å².